The Morgan fingerprint density at radius 3 is 2.18 bits per heavy atom. The standard InChI is InChI=1S/C27H25ClFN3O2/c1-18-21(15-33-13-19-8-4-2-5-9-19)22(16-34-14-20-10-6-3-7-11-20)25(18)32-12-23(29)24-26(28)30-17-31-27(24)32/h2-12,17,21-22,25H,1,13-16H2/t21-,22+,25+/m0/s1. The van der Waals surface area contributed by atoms with Gasteiger partial charge in [-0.3, -0.25) is 0 Å². The highest BCUT2D eigenvalue weighted by Crippen LogP contribution is 2.50. The molecule has 0 aliphatic heterocycles. The van der Waals surface area contributed by atoms with Crippen LogP contribution in [0.3, 0.4) is 0 Å². The first-order chi connectivity index (χ1) is 16.6. The molecular weight excluding hydrogens is 453 g/mol. The largest absolute Gasteiger partial charge is 0.376 e. The van der Waals surface area contributed by atoms with Crippen molar-refractivity contribution in [1.29, 1.82) is 0 Å². The molecule has 1 fully saturated rings. The van der Waals surface area contributed by atoms with Gasteiger partial charge in [-0.2, -0.15) is 0 Å². The molecule has 1 saturated carbocycles. The molecule has 1 aliphatic carbocycles. The number of hydrogen-bond donors (Lipinski definition) is 0. The summed E-state index contributed by atoms with van der Waals surface area (Å²) in [6, 6.07) is 19.9. The minimum Gasteiger partial charge on any atom is -0.376 e. The van der Waals surface area contributed by atoms with Crippen molar-refractivity contribution in [3.8, 4) is 0 Å². The van der Waals surface area contributed by atoms with Crippen molar-refractivity contribution in [3.63, 3.8) is 0 Å². The fourth-order valence-electron chi connectivity index (χ4n) is 4.68. The lowest BCUT2D eigenvalue weighted by Crippen LogP contribution is -2.45. The van der Waals surface area contributed by atoms with Crippen LogP contribution in [0.15, 0.2) is 85.3 Å². The van der Waals surface area contributed by atoms with Crippen LogP contribution in [0.1, 0.15) is 17.2 Å². The van der Waals surface area contributed by atoms with E-state index in [0.29, 0.717) is 32.1 Å². The second-order valence-electron chi connectivity index (χ2n) is 8.54. The number of aromatic nitrogens is 3. The van der Waals surface area contributed by atoms with E-state index in [1.54, 1.807) is 0 Å². The predicted molar refractivity (Wildman–Crippen MR) is 130 cm³/mol. The summed E-state index contributed by atoms with van der Waals surface area (Å²) in [5.74, 6) is -0.306. The molecule has 0 bridgehead atoms. The van der Waals surface area contributed by atoms with Gasteiger partial charge in [0.05, 0.1) is 37.9 Å². The molecule has 2 aromatic carbocycles. The summed E-state index contributed by atoms with van der Waals surface area (Å²) >= 11 is 6.15. The Morgan fingerprint density at radius 2 is 1.53 bits per heavy atom. The SMILES string of the molecule is C=C1[C@@H](n2cc(F)c3c(Cl)ncnc32)[C@H](COCc2ccccc2)[C@H]1COCc1ccccc1. The summed E-state index contributed by atoms with van der Waals surface area (Å²) in [7, 11) is 0. The maximum atomic E-state index is 14.7. The van der Waals surface area contributed by atoms with E-state index in [9.17, 15) is 4.39 Å². The van der Waals surface area contributed by atoms with E-state index < -0.39 is 5.82 Å². The van der Waals surface area contributed by atoms with Crippen LogP contribution in [-0.2, 0) is 22.7 Å². The Balaban J connectivity index is 1.34. The maximum Gasteiger partial charge on any atom is 0.153 e. The van der Waals surface area contributed by atoms with E-state index in [2.05, 4.69) is 16.5 Å². The van der Waals surface area contributed by atoms with E-state index in [-0.39, 0.29) is 28.4 Å². The highest BCUT2D eigenvalue weighted by molar-refractivity contribution is 6.34. The van der Waals surface area contributed by atoms with Gasteiger partial charge in [-0.25, -0.2) is 14.4 Å². The lowest BCUT2D eigenvalue weighted by molar-refractivity contribution is -0.0163. The van der Waals surface area contributed by atoms with E-state index in [1.165, 1.54) is 12.5 Å². The number of benzene rings is 2. The second kappa shape index (κ2) is 10.1. The molecule has 5 nitrogen and oxygen atoms in total. The van der Waals surface area contributed by atoms with Crippen LogP contribution in [0, 0.1) is 17.7 Å². The summed E-state index contributed by atoms with van der Waals surface area (Å²) < 4.78 is 28.7. The first-order valence-corrected chi connectivity index (χ1v) is 11.6. The van der Waals surface area contributed by atoms with Gasteiger partial charge < -0.3 is 14.0 Å². The topological polar surface area (TPSA) is 49.2 Å². The van der Waals surface area contributed by atoms with Crippen LogP contribution in [-0.4, -0.2) is 27.7 Å². The molecular formula is C27H25ClFN3O2. The molecule has 174 valence electrons. The fraction of sp³-hybridized carbons (Fsp3) is 0.259. The maximum absolute atomic E-state index is 14.7. The van der Waals surface area contributed by atoms with Gasteiger partial charge >= 0.3 is 0 Å². The molecule has 0 radical (unpaired) electrons. The zero-order valence-electron chi connectivity index (χ0n) is 18.6. The van der Waals surface area contributed by atoms with Crippen molar-refractivity contribution in [3.05, 3.63) is 107 Å². The van der Waals surface area contributed by atoms with Gasteiger partial charge in [0.1, 0.15) is 17.1 Å². The van der Waals surface area contributed by atoms with Crippen LogP contribution in [0.4, 0.5) is 4.39 Å². The smallest absolute Gasteiger partial charge is 0.153 e. The van der Waals surface area contributed by atoms with Crippen molar-refractivity contribution < 1.29 is 13.9 Å². The molecule has 2 aromatic heterocycles. The average Bonchev–Trinajstić information content (AvgIpc) is 3.19. The first-order valence-electron chi connectivity index (χ1n) is 11.2. The molecule has 2 heterocycles. The number of nitrogens with zero attached hydrogens (tertiary/aromatic N) is 3. The molecule has 34 heavy (non-hydrogen) atoms. The molecule has 0 unspecified atom stereocenters. The van der Waals surface area contributed by atoms with Crippen LogP contribution in [0.25, 0.3) is 11.0 Å². The summed E-state index contributed by atoms with van der Waals surface area (Å²) in [6.45, 7) is 6.35. The summed E-state index contributed by atoms with van der Waals surface area (Å²) in [4.78, 5) is 8.23. The van der Waals surface area contributed by atoms with Gasteiger partial charge in [0.15, 0.2) is 5.82 Å². The normalized spacial score (nSPS) is 19.9. The molecule has 1 aliphatic rings. The molecule has 0 spiro atoms. The van der Waals surface area contributed by atoms with Crippen LogP contribution in [0.5, 0.6) is 0 Å². The van der Waals surface area contributed by atoms with Gasteiger partial charge in [-0.15, -0.1) is 0 Å². The number of hydrogen-bond acceptors (Lipinski definition) is 4. The first kappa shape index (κ1) is 22.7. The third-order valence-corrected chi connectivity index (χ3v) is 6.71. The minimum atomic E-state index is -0.443. The van der Waals surface area contributed by atoms with Crippen molar-refractivity contribution >= 4 is 22.6 Å². The number of ether oxygens (including phenoxy) is 2. The van der Waals surface area contributed by atoms with Gasteiger partial charge in [0.25, 0.3) is 0 Å². The zero-order valence-corrected chi connectivity index (χ0v) is 19.4. The monoisotopic (exact) mass is 477 g/mol. The highest BCUT2D eigenvalue weighted by Gasteiger charge is 2.46. The minimum absolute atomic E-state index is 0.0516. The molecule has 0 saturated heterocycles. The van der Waals surface area contributed by atoms with Crippen LogP contribution >= 0.6 is 11.6 Å². The van der Waals surface area contributed by atoms with Gasteiger partial charge in [-0.05, 0) is 16.7 Å². The molecule has 4 aromatic rings. The lowest BCUT2D eigenvalue weighted by Gasteiger charge is -2.47. The Bertz CT molecular complexity index is 1280. The predicted octanol–water partition coefficient (Wildman–Crippen LogP) is 6.00. The van der Waals surface area contributed by atoms with E-state index >= 15 is 0 Å². The number of rotatable bonds is 9. The number of fused-ring (bicyclic) bond motifs is 1. The second-order valence-corrected chi connectivity index (χ2v) is 8.90. The third-order valence-electron chi connectivity index (χ3n) is 6.43. The van der Waals surface area contributed by atoms with Crippen molar-refractivity contribution in [1.82, 2.24) is 14.5 Å². The van der Waals surface area contributed by atoms with E-state index in [0.717, 1.165) is 16.7 Å². The fourth-order valence-corrected chi connectivity index (χ4v) is 4.89. The van der Waals surface area contributed by atoms with Gasteiger partial charge in [0.2, 0.25) is 0 Å². The number of halogens is 2. The average molecular weight is 478 g/mol. The van der Waals surface area contributed by atoms with Crippen molar-refractivity contribution in [2.45, 2.75) is 19.3 Å². The lowest BCUT2D eigenvalue weighted by atomic mass is 9.66. The molecule has 0 N–H and O–H groups in total. The van der Waals surface area contributed by atoms with Crippen molar-refractivity contribution in [2.75, 3.05) is 13.2 Å². The summed E-state index contributed by atoms with van der Waals surface area (Å²) in [6.07, 6.45) is 2.79. The Kier molecular flexibility index (Phi) is 6.72. The third kappa shape index (κ3) is 4.49. The molecule has 0 amide bonds. The quantitative estimate of drug-likeness (QED) is 0.219. The zero-order chi connectivity index (χ0) is 23.5. The Morgan fingerprint density at radius 1 is 0.912 bits per heavy atom. The van der Waals surface area contributed by atoms with Gasteiger partial charge in [0, 0.05) is 18.0 Å². The van der Waals surface area contributed by atoms with Gasteiger partial charge in [-0.1, -0.05) is 78.8 Å². The van der Waals surface area contributed by atoms with E-state index in [1.807, 2.05) is 65.2 Å². The molecule has 7 heteroatoms. The Labute approximate surface area is 202 Å². The van der Waals surface area contributed by atoms with Crippen LogP contribution < -0.4 is 0 Å². The molecule has 3 atom stereocenters. The van der Waals surface area contributed by atoms with Crippen molar-refractivity contribution in [2.24, 2.45) is 11.8 Å². The Hall–Kier alpha value is -3.06. The van der Waals surface area contributed by atoms with E-state index in [4.69, 9.17) is 21.1 Å². The van der Waals surface area contributed by atoms with Crippen LogP contribution in [0.2, 0.25) is 5.15 Å². The molecule has 5 rings (SSSR count). The highest BCUT2D eigenvalue weighted by atomic mass is 35.5. The summed E-state index contributed by atoms with van der Waals surface area (Å²) in [5.41, 5.74) is 3.64. The summed E-state index contributed by atoms with van der Waals surface area (Å²) in [5, 5.41) is 0.329.